The van der Waals surface area contributed by atoms with E-state index in [1.807, 2.05) is 72.1 Å². The van der Waals surface area contributed by atoms with Crippen LogP contribution in [0.15, 0.2) is 84.2 Å². The van der Waals surface area contributed by atoms with Gasteiger partial charge in [-0.15, -0.1) is 11.3 Å². The summed E-state index contributed by atoms with van der Waals surface area (Å²) in [6, 6.07) is 25.6. The van der Waals surface area contributed by atoms with Gasteiger partial charge in [-0.1, -0.05) is 66.7 Å². The Hall–Kier alpha value is -3.44. The molecule has 0 saturated heterocycles. The van der Waals surface area contributed by atoms with Crippen LogP contribution in [-0.2, 0) is 11.4 Å². The van der Waals surface area contributed by atoms with Gasteiger partial charge in [0.05, 0.1) is 11.6 Å². The highest BCUT2D eigenvalue weighted by Crippen LogP contribution is 2.26. The number of aromatic nitrogens is 1. The fourth-order valence-corrected chi connectivity index (χ4v) is 3.90. The molecule has 1 heterocycles. The van der Waals surface area contributed by atoms with Gasteiger partial charge in [0.2, 0.25) is 0 Å². The Bertz CT molecular complexity index is 1120. The lowest BCUT2D eigenvalue weighted by Crippen LogP contribution is -2.06. The number of benzene rings is 3. The van der Waals surface area contributed by atoms with E-state index in [4.69, 9.17) is 9.84 Å². The predicted molar refractivity (Wildman–Crippen MR) is 120 cm³/mol. The molecule has 4 aromatic rings. The molecule has 30 heavy (non-hydrogen) atoms. The van der Waals surface area contributed by atoms with Crippen LogP contribution >= 0.6 is 11.3 Å². The van der Waals surface area contributed by atoms with E-state index in [1.165, 1.54) is 0 Å². The number of hydrogen-bond donors (Lipinski definition) is 1. The van der Waals surface area contributed by atoms with Crippen molar-refractivity contribution in [3.8, 4) is 27.4 Å². The zero-order chi connectivity index (χ0) is 20.9. The normalized spacial score (nSPS) is 11.8. The molecule has 0 saturated carbocycles. The molecule has 0 radical (unpaired) electrons. The molecule has 0 fully saturated rings. The molecule has 4 nitrogen and oxygen atoms in total. The zero-order valence-corrected chi connectivity index (χ0v) is 17.3. The summed E-state index contributed by atoms with van der Waals surface area (Å²) >= 11 is 1.61. The largest absolute Gasteiger partial charge is 0.487 e. The van der Waals surface area contributed by atoms with Crippen LogP contribution in [-0.4, -0.2) is 16.1 Å². The highest BCUT2D eigenvalue weighted by molar-refractivity contribution is 7.13. The molecule has 0 spiro atoms. The van der Waals surface area contributed by atoms with E-state index in [0.717, 1.165) is 38.7 Å². The Morgan fingerprint density at radius 2 is 1.57 bits per heavy atom. The van der Waals surface area contributed by atoms with Crippen molar-refractivity contribution in [3.63, 3.8) is 0 Å². The molecular formula is C25H21NO3S. The third-order valence-corrected chi connectivity index (χ3v) is 5.87. The van der Waals surface area contributed by atoms with Crippen molar-refractivity contribution >= 4 is 17.3 Å². The first kappa shape index (κ1) is 19.9. The number of carbonyl (C=O) groups is 1. The highest BCUT2D eigenvalue weighted by Gasteiger charge is 2.13. The first-order valence-corrected chi connectivity index (χ1v) is 10.5. The Labute approximate surface area is 179 Å². The molecule has 0 amide bonds. The van der Waals surface area contributed by atoms with Crippen LogP contribution in [0.5, 0.6) is 5.75 Å². The van der Waals surface area contributed by atoms with Crippen molar-refractivity contribution in [2.45, 2.75) is 19.4 Å². The fourth-order valence-electron chi connectivity index (χ4n) is 3.09. The lowest BCUT2D eigenvalue weighted by atomic mass is 9.98. The van der Waals surface area contributed by atoms with Crippen molar-refractivity contribution in [2.24, 2.45) is 0 Å². The monoisotopic (exact) mass is 415 g/mol. The van der Waals surface area contributed by atoms with E-state index in [9.17, 15) is 4.79 Å². The third kappa shape index (κ3) is 4.58. The smallest absolute Gasteiger partial charge is 0.310 e. The molecule has 0 aliphatic carbocycles. The number of ether oxygens (including phenoxy) is 1. The van der Waals surface area contributed by atoms with Crippen LogP contribution in [0.4, 0.5) is 0 Å². The van der Waals surface area contributed by atoms with E-state index in [0.29, 0.717) is 6.61 Å². The average Bonchev–Trinajstić information content (AvgIpc) is 3.27. The number of thiazole rings is 1. The number of aliphatic carboxylic acids is 1. The fraction of sp³-hybridized carbons (Fsp3) is 0.120. The summed E-state index contributed by atoms with van der Waals surface area (Å²) in [5, 5.41) is 12.1. The third-order valence-electron chi connectivity index (χ3n) is 4.93. The van der Waals surface area contributed by atoms with Gasteiger partial charge < -0.3 is 9.84 Å². The maximum Gasteiger partial charge on any atom is 0.310 e. The molecule has 0 aliphatic rings. The summed E-state index contributed by atoms with van der Waals surface area (Å²) in [4.78, 5) is 15.8. The molecule has 1 N–H and O–H groups in total. The summed E-state index contributed by atoms with van der Waals surface area (Å²) in [5.41, 5.74) is 4.91. The second-order valence-corrected chi connectivity index (χ2v) is 7.86. The van der Waals surface area contributed by atoms with Crippen molar-refractivity contribution < 1.29 is 14.6 Å². The maximum absolute atomic E-state index is 11.1. The van der Waals surface area contributed by atoms with Gasteiger partial charge in [0.25, 0.3) is 0 Å². The molecular weight excluding hydrogens is 394 g/mol. The van der Waals surface area contributed by atoms with Crippen LogP contribution in [0.25, 0.3) is 21.7 Å². The predicted octanol–water partition coefficient (Wildman–Crippen LogP) is 6.24. The highest BCUT2D eigenvalue weighted by atomic mass is 32.1. The minimum absolute atomic E-state index is 0.421. The number of carboxylic acid groups (broad SMARTS) is 1. The Kier molecular flexibility index (Phi) is 5.91. The van der Waals surface area contributed by atoms with Gasteiger partial charge in [-0.25, -0.2) is 4.98 Å². The minimum atomic E-state index is -0.819. The molecule has 4 rings (SSSR count). The second-order valence-electron chi connectivity index (χ2n) is 7.01. The van der Waals surface area contributed by atoms with Crippen molar-refractivity contribution in [1.29, 1.82) is 0 Å². The number of rotatable bonds is 7. The van der Waals surface area contributed by atoms with Crippen molar-refractivity contribution in [1.82, 2.24) is 4.98 Å². The van der Waals surface area contributed by atoms with Crippen LogP contribution < -0.4 is 4.74 Å². The average molecular weight is 416 g/mol. The van der Waals surface area contributed by atoms with Crippen molar-refractivity contribution in [3.05, 3.63) is 95.5 Å². The standard InChI is InChI=1S/C25H21NO3S/c1-17(25(27)28)18-7-9-19(10-8-18)20-11-13-23(14-12-20)29-15-22-16-30-24(26-22)21-5-3-2-4-6-21/h2-14,16-17H,15H2,1H3,(H,27,28). The van der Waals surface area contributed by atoms with E-state index < -0.39 is 11.9 Å². The maximum atomic E-state index is 11.1. The molecule has 1 aromatic heterocycles. The van der Waals surface area contributed by atoms with E-state index in [2.05, 4.69) is 17.1 Å². The quantitative estimate of drug-likeness (QED) is 0.388. The van der Waals surface area contributed by atoms with E-state index in [1.54, 1.807) is 18.3 Å². The second kappa shape index (κ2) is 8.93. The van der Waals surface area contributed by atoms with Gasteiger partial charge in [0.1, 0.15) is 17.4 Å². The molecule has 0 bridgehead atoms. The summed E-state index contributed by atoms with van der Waals surface area (Å²) in [6.45, 7) is 2.11. The lowest BCUT2D eigenvalue weighted by Gasteiger charge is -2.09. The van der Waals surface area contributed by atoms with Crippen LogP contribution in [0, 0.1) is 0 Å². The summed E-state index contributed by atoms with van der Waals surface area (Å²) in [6.07, 6.45) is 0. The zero-order valence-electron chi connectivity index (χ0n) is 16.5. The molecule has 5 heteroatoms. The summed E-state index contributed by atoms with van der Waals surface area (Å²) < 4.78 is 5.89. The van der Waals surface area contributed by atoms with Gasteiger partial charge in [0.15, 0.2) is 0 Å². The van der Waals surface area contributed by atoms with Crippen LogP contribution in [0.1, 0.15) is 24.1 Å². The first-order chi connectivity index (χ1) is 14.6. The lowest BCUT2D eigenvalue weighted by molar-refractivity contribution is -0.138. The SMILES string of the molecule is CC(C(=O)O)c1ccc(-c2ccc(OCc3csc(-c4ccccc4)n3)cc2)cc1. The summed E-state index contributed by atoms with van der Waals surface area (Å²) in [7, 11) is 0. The Morgan fingerprint density at radius 1 is 0.933 bits per heavy atom. The molecule has 150 valence electrons. The van der Waals surface area contributed by atoms with Crippen LogP contribution in [0.3, 0.4) is 0 Å². The van der Waals surface area contributed by atoms with Gasteiger partial charge in [-0.3, -0.25) is 4.79 Å². The van der Waals surface area contributed by atoms with E-state index in [-0.39, 0.29) is 0 Å². The van der Waals surface area contributed by atoms with Gasteiger partial charge in [-0.2, -0.15) is 0 Å². The Morgan fingerprint density at radius 3 is 2.20 bits per heavy atom. The van der Waals surface area contributed by atoms with Crippen molar-refractivity contribution in [2.75, 3.05) is 0 Å². The topological polar surface area (TPSA) is 59.4 Å². The molecule has 3 aromatic carbocycles. The molecule has 1 unspecified atom stereocenters. The number of hydrogen-bond acceptors (Lipinski definition) is 4. The van der Waals surface area contributed by atoms with Crippen LogP contribution in [0.2, 0.25) is 0 Å². The summed E-state index contributed by atoms with van der Waals surface area (Å²) in [5.74, 6) is -0.549. The van der Waals surface area contributed by atoms with Gasteiger partial charge in [0, 0.05) is 10.9 Å². The van der Waals surface area contributed by atoms with E-state index >= 15 is 0 Å². The molecule has 1 atom stereocenters. The molecule has 0 aliphatic heterocycles. The number of nitrogens with zero attached hydrogens (tertiary/aromatic N) is 1. The minimum Gasteiger partial charge on any atom is -0.487 e. The number of carboxylic acids is 1. The first-order valence-electron chi connectivity index (χ1n) is 9.66. The van der Waals surface area contributed by atoms with Gasteiger partial charge >= 0.3 is 5.97 Å². The van der Waals surface area contributed by atoms with Gasteiger partial charge in [-0.05, 0) is 35.7 Å². The Balaban J connectivity index is 1.38.